The van der Waals surface area contributed by atoms with Gasteiger partial charge in [-0.3, -0.25) is 9.59 Å². The highest BCUT2D eigenvalue weighted by molar-refractivity contribution is 5.91. The van der Waals surface area contributed by atoms with Crippen molar-refractivity contribution < 1.29 is 18.8 Å². The fraction of sp³-hybridized carbons (Fsp3) is 0.423. The lowest BCUT2D eigenvalue weighted by molar-refractivity contribution is -0.189. The summed E-state index contributed by atoms with van der Waals surface area (Å²) >= 11 is 0. The normalized spacial score (nSPS) is 21.7. The summed E-state index contributed by atoms with van der Waals surface area (Å²) in [6.07, 6.45) is 0.621. The number of benzene rings is 2. The Balaban J connectivity index is 1.61. The number of likely N-dealkylation sites (N-methyl/N-ethyl adjacent to an activating group) is 1. The van der Waals surface area contributed by atoms with Crippen molar-refractivity contribution >= 4 is 17.8 Å². The monoisotopic (exact) mass is 481 g/mol. The number of halogens is 1. The Labute approximate surface area is 205 Å². The second-order valence-corrected chi connectivity index (χ2v) is 9.11. The highest BCUT2D eigenvalue weighted by atomic mass is 19.1. The van der Waals surface area contributed by atoms with Crippen molar-refractivity contribution in [2.45, 2.75) is 51.5 Å². The van der Waals surface area contributed by atoms with Gasteiger partial charge < -0.3 is 15.1 Å². The molecule has 35 heavy (non-hydrogen) atoms. The molecule has 2 aromatic rings. The zero-order valence-corrected chi connectivity index (χ0v) is 20.4. The minimum Gasteiger partial charge on any atom is -0.333 e. The third kappa shape index (κ3) is 5.00. The van der Waals surface area contributed by atoms with E-state index in [2.05, 4.69) is 5.32 Å². The molecular formula is C26H32FN5O3. The zero-order valence-electron chi connectivity index (χ0n) is 20.4. The second-order valence-electron chi connectivity index (χ2n) is 9.11. The van der Waals surface area contributed by atoms with Gasteiger partial charge in [0.25, 0.3) is 0 Å². The molecule has 186 valence electrons. The lowest BCUT2D eigenvalue weighted by Gasteiger charge is -2.55. The van der Waals surface area contributed by atoms with E-state index in [-0.39, 0.29) is 49.3 Å². The van der Waals surface area contributed by atoms with Crippen molar-refractivity contribution in [3.05, 3.63) is 71.5 Å². The Kier molecular flexibility index (Phi) is 7.35. The van der Waals surface area contributed by atoms with Gasteiger partial charge in [-0.15, -0.1) is 0 Å². The van der Waals surface area contributed by atoms with Gasteiger partial charge in [0.2, 0.25) is 11.8 Å². The summed E-state index contributed by atoms with van der Waals surface area (Å²) in [4.78, 5) is 43.4. The van der Waals surface area contributed by atoms with E-state index in [4.69, 9.17) is 0 Å². The van der Waals surface area contributed by atoms with Gasteiger partial charge in [0.05, 0.1) is 19.1 Å². The SMILES string of the molecule is CCC[C@H]1C(=O)N([C@@H](C)c2ccccc2)C[C@H]2N1C(=O)CN(C)N2C(=O)NCc1ccc(F)cc1. The van der Waals surface area contributed by atoms with E-state index in [0.29, 0.717) is 6.42 Å². The number of hydrogen-bond donors (Lipinski definition) is 1. The number of hydrazine groups is 1. The largest absolute Gasteiger partial charge is 0.334 e. The summed E-state index contributed by atoms with van der Waals surface area (Å²) < 4.78 is 13.2. The number of rotatable bonds is 6. The molecule has 2 heterocycles. The van der Waals surface area contributed by atoms with Gasteiger partial charge in [0.15, 0.2) is 0 Å². The Bertz CT molecular complexity index is 1060. The Morgan fingerprint density at radius 1 is 1.11 bits per heavy atom. The van der Waals surface area contributed by atoms with Gasteiger partial charge in [-0.2, -0.15) is 0 Å². The standard InChI is InChI=1S/C26H32FN5O3/c1-4-8-22-25(34)30(18(2)20-9-6-5-7-10-20)16-23-31(22)24(33)17-29(3)32(23)26(35)28-15-19-11-13-21(27)14-12-19/h5-7,9-14,18,22-23H,4,8,15-17H2,1-3H3,(H,28,35)/t18-,22-,23-/m0/s1. The van der Waals surface area contributed by atoms with Gasteiger partial charge in [-0.1, -0.05) is 55.8 Å². The molecule has 2 aromatic carbocycles. The Morgan fingerprint density at radius 3 is 2.46 bits per heavy atom. The van der Waals surface area contributed by atoms with E-state index < -0.39 is 12.2 Å². The van der Waals surface area contributed by atoms with Crippen molar-refractivity contribution in [1.82, 2.24) is 25.1 Å². The number of carbonyl (C=O) groups excluding carboxylic acids is 3. The molecule has 0 spiro atoms. The van der Waals surface area contributed by atoms with Crippen LogP contribution in [0.5, 0.6) is 0 Å². The van der Waals surface area contributed by atoms with Gasteiger partial charge >= 0.3 is 6.03 Å². The summed E-state index contributed by atoms with van der Waals surface area (Å²) in [5.41, 5.74) is 1.75. The van der Waals surface area contributed by atoms with E-state index in [1.165, 1.54) is 17.1 Å². The van der Waals surface area contributed by atoms with Crippen molar-refractivity contribution in [2.75, 3.05) is 20.1 Å². The maximum absolute atomic E-state index is 13.6. The van der Waals surface area contributed by atoms with Crippen LogP contribution in [0.25, 0.3) is 0 Å². The Morgan fingerprint density at radius 2 is 1.80 bits per heavy atom. The van der Waals surface area contributed by atoms with Gasteiger partial charge in [-0.25, -0.2) is 19.2 Å². The Hall–Kier alpha value is -3.46. The van der Waals surface area contributed by atoms with Crippen LogP contribution in [0.2, 0.25) is 0 Å². The quantitative estimate of drug-likeness (QED) is 0.688. The van der Waals surface area contributed by atoms with Crippen molar-refractivity contribution in [3.8, 4) is 0 Å². The van der Waals surface area contributed by atoms with Crippen LogP contribution in [0.15, 0.2) is 54.6 Å². The highest BCUT2D eigenvalue weighted by Gasteiger charge is 2.51. The van der Waals surface area contributed by atoms with Crippen LogP contribution in [0.3, 0.4) is 0 Å². The fourth-order valence-corrected chi connectivity index (χ4v) is 4.94. The molecule has 0 aliphatic carbocycles. The van der Waals surface area contributed by atoms with Crippen LogP contribution in [0.1, 0.15) is 43.9 Å². The first-order valence-electron chi connectivity index (χ1n) is 12.0. The zero-order chi connectivity index (χ0) is 25.1. The van der Waals surface area contributed by atoms with Crippen LogP contribution < -0.4 is 5.32 Å². The van der Waals surface area contributed by atoms with Gasteiger partial charge in [-0.05, 0) is 36.6 Å². The van der Waals surface area contributed by atoms with E-state index >= 15 is 0 Å². The second kappa shape index (κ2) is 10.4. The number of amides is 4. The van der Waals surface area contributed by atoms with Crippen LogP contribution in [0.4, 0.5) is 9.18 Å². The van der Waals surface area contributed by atoms with Crippen molar-refractivity contribution in [1.29, 1.82) is 0 Å². The summed E-state index contributed by atoms with van der Waals surface area (Å²) in [7, 11) is 1.70. The molecule has 4 amide bonds. The van der Waals surface area contributed by atoms with Crippen LogP contribution >= 0.6 is 0 Å². The minimum absolute atomic E-state index is 0.00218. The molecule has 0 saturated carbocycles. The molecule has 1 N–H and O–H groups in total. The first kappa shape index (κ1) is 24.7. The molecule has 0 unspecified atom stereocenters. The van der Waals surface area contributed by atoms with Gasteiger partial charge in [0.1, 0.15) is 18.0 Å². The fourth-order valence-electron chi connectivity index (χ4n) is 4.94. The van der Waals surface area contributed by atoms with E-state index in [1.54, 1.807) is 34.0 Å². The predicted octanol–water partition coefficient (Wildman–Crippen LogP) is 3.12. The summed E-state index contributed by atoms with van der Waals surface area (Å²) in [6.45, 7) is 4.37. The van der Waals surface area contributed by atoms with Crippen LogP contribution in [-0.4, -0.2) is 70.0 Å². The van der Waals surface area contributed by atoms with Crippen LogP contribution in [-0.2, 0) is 16.1 Å². The minimum atomic E-state index is -0.630. The molecular weight excluding hydrogens is 449 g/mol. The van der Waals surface area contributed by atoms with E-state index in [0.717, 1.165) is 17.5 Å². The number of carbonyl (C=O) groups is 3. The summed E-state index contributed by atoms with van der Waals surface area (Å²) in [6, 6.07) is 14.5. The maximum atomic E-state index is 13.6. The number of hydrogen-bond acceptors (Lipinski definition) is 4. The molecule has 0 radical (unpaired) electrons. The number of nitrogens with zero attached hydrogens (tertiary/aromatic N) is 4. The molecule has 3 atom stereocenters. The summed E-state index contributed by atoms with van der Waals surface area (Å²) in [5.74, 6) is -0.602. The number of nitrogens with one attached hydrogen (secondary N) is 1. The van der Waals surface area contributed by atoms with Gasteiger partial charge in [0, 0.05) is 13.6 Å². The lowest BCUT2D eigenvalue weighted by Crippen LogP contribution is -2.76. The topological polar surface area (TPSA) is 76.2 Å². The predicted molar refractivity (Wildman–Crippen MR) is 129 cm³/mol. The average Bonchev–Trinajstić information content (AvgIpc) is 2.85. The third-order valence-corrected chi connectivity index (χ3v) is 6.76. The maximum Gasteiger partial charge on any atom is 0.334 e. The van der Waals surface area contributed by atoms with E-state index in [1.807, 2.05) is 44.2 Å². The number of fused-ring (bicyclic) bond motifs is 1. The number of urea groups is 1. The molecule has 9 heteroatoms. The highest BCUT2D eigenvalue weighted by Crippen LogP contribution is 2.32. The molecule has 2 saturated heterocycles. The number of piperazine rings is 1. The first-order valence-corrected chi connectivity index (χ1v) is 12.0. The average molecular weight is 482 g/mol. The molecule has 0 bridgehead atoms. The molecule has 2 aliphatic rings. The molecule has 4 rings (SSSR count). The molecule has 2 fully saturated rings. The molecule has 8 nitrogen and oxygen atoms in total. The molecule has 2 aliphatic heterocycles. The smallest absolute Gasteiger partial charge is 0.333 e. The van der Waals surface area contributed by atoms with Crippen LogP contribution in [0, 0.1) is 5.82 Å². The summed E-state index contributed by atoms with van der Waals surface area (Å²) in [5, 5.41) is 6.02. The van der Waals surface area contributed by atoms with Crippen molar-refractivity contribution in [2.24, 2.45) is 0 Å². The third-order valence-electron chi connectivity index (χ3n) is 6.76. The van der Waals surface area contributed by atoms with Crippen molar-refractivity contribution in [3.63, 3.8) is 0 Å². The molecule has 0 aromatic heterocycles. The first-order chi connectivity index (χ1) is 16.8. The van der Waals surface area contributed by atoms with E-state index in [9.17, 15) is 18.8 Å². The lowest BCUT2D eigenvalue weighted by atomic mass is 9.98.